The maximum Gasteiger partial charge on any atom is 0.193 e. The fourth-order valence-electron chi connectivity index (χ4n) is 3.44. The maximum atomic E-state index is 6.07. The molecule has 1 aromatic heterocycles. The Bertz CT molecular complexity index is 779. The smallest absolute Gasteiger partial charge is 0.193 e. The third kappa shape index (κ3) is 6.34. The van der Waals surface area contributed by atoms with Crippen molar-refractivity contribution >= 4 is 41.4 Å². The van der Waals surface area contributed by atoms with Gasteiger partial charge in [-0.05, 0) is 61.3 Å². The van der Waals surface area contributed by atoms with E-state index in [0.29, 0.717) is 12.5 Å². The molecule has 7 heteroatoms. The molecule has 28 heavy (non-hydrogen) atoms. The first-order chi connectivity index (χ1) is 13.0. The predicted octanol–water partition coefficient (Wildman–Crippen LogP) is 3.39. The Morgan fingerprint density at radius 3 is 2.43 bits per heavy atom. The largest absolute Gasteiger partial charge is 0.370 e. The molecule has 0 bridgehead atoms. The summed E-state index contributed by atoms with van der Waals surface area (Å²) >= 11 is 0. The number of hydrogen-bond donors (Lipinski definition) is 2. The van der Waals surface area contributed by atoms with Crippen LogP contribution in [0.5, 0.6) is 0 Å². The molecule has 2 aromatic rings. The molecule has 152 valence electrons. The van der Waals surface area contributed by atoms with E-state index in [2.05, 4.69) is 70.1 Å². The number of pyridine rings is 1. The number of halogens is 1. The monoisotopic (exact) mass is 494 g/mol. The highest BCUT2D eigenvalue weighted by atomic mass is 127. The van der Waals surface area contributed by atoms with E-state index in [-0.39, 0.29) is 24.0 Å². The number of hydrogen-bond acceptors (Lipinski definition) is 4. The van der Waals surface area contributed by atoms with Gasteiger partial charge < -0.3 is 20.9 Å². The number of nitrogens with zero attached hydrogens (tertiary/aromatic N) is 4. The van der Waals surface area contributed by atoms with Gasteiger partial charge in [-0.3, -0.25) is 0 Å². The molecule has 1 aliphatic heterocycles. The van der Waals surface area contributed by atoms with Crippen LogP contribution in [0.25, 0.3) is 0 Å². The number of piperazine rings is 1. The van der Waals surface area contributed by atoms with Gasteiger partial charge in [0.25, 0.3) is 0 Å². The first-order valence-corrected chi connectivity index (χ1v) is 9.61. The fraction of sp³-hybridized carbons (Fsp3) is 0.429. The molecule has 2 heterocycles. The Hall–Kier alpha value is -1.87. The lowest BCUT2D eigenvalue weighted by Gasteiger charge is -2.34. The van der Waals surface area contributed by atoms with Gasteiger partial charge in [0.15, 0.2) is 5.96 Å². The van der Waals surface area contributed by atoms with Gasteiger partial charge in [0.1, 0.15) is 5.82 Å². The van der Waals surface area contributed by atoms with Crippen LogP contribution in [0.15, 0.2) is 41.5 Å². The van der Waals surface area contributed by atoms with Gasteiger partial charge in [-0.1, -0.05) is 13.0 Å². The predicted molar refractivity (Wildman–Crippen MR) is 129 cm³/mol. The average molecular weight is 494 g/mol. The summed E-state index contributed by atoms with van der Waals surface area (Å²) in [7, 11) is 0. The molecule has 1 fully saturated rings. The van der Waals surface area contributed by atoms with Crippen molar-refractivity contribution in [2.45, 2.75) is 27.3 Å². The highest BCUT2D eigenvalue weighted by Gasteiger charge is 2.16. The van der Waals surface area contributed by atoms with Crippen molar-refractivity contribution < 1.29 is 0 Å². The second kappa shape index (κ2) is 10.6. The second-order valence-electron chi connectivity index (χ2n) is 7.15. The van der Waals surface area contributed by atoms with Crippen LogP contribution in [0.1, 0.15) is 23.6 Å². The molecule has 1 aliphatic rings. The van der Waals surface area contributed by atoms with Gasteiger partial charge in [0.2, 0.25) is 0 Å². The van der Waals surface area contributed by atoms with Crippen LogP contribution in [0, 0.1) is 13.8 Å². The normalized spacial score (nSPS) is 15.2. The number of aryl methyl sites for hydroxylation is 2. The molecule has 1 aromatic carbocycles. The van der Waals surface area contributed by atoms with Gasteiger partial charge in [-0.2, -0.15) is 0 Å². The zero-order valence-corrected chi connectivity index (χ0v) is 19.3. The van der Waals surface area contributed by atoms with Crippen molar-refractivity contribution in [2.75, 3.05) is 42.9 Å². The van der Waals surface area contributed by atoms with Crippen LogP contribution in [0.4, 0.5) is 11.5 Å². The Balaban J connectivity index is 0.00000280. The zero-order valence-electron chi connectivity index (χ0n) is 17.0. The summed E-state index contributed by atoms with van der Waals surface area (Å²) in [4.78, 5) is 13.8. The highest BCUT2D eigenvalue weighted by molar-refractivity contribution is 14.0. The van der Waals surface area contributed by atoms with E-state index in [4.69, 9.17) is 5.73 Å². The summed E-state index contributed by atoms with van der Waals surface area (Å²) < 4.78 is 0. The minimum Gasteiger partial charge on any atom is -0.370 e. The molecule has 6 nitrogen and oxygen atoms in total. The minimum atomic E-state index is 0. The number of likely N-dealkylation sites (N-methyl/N-ethyl adjacent to an activating group) is 1. The molecule has 0 saturated carbocycles. The Morgan fingerprint density at radius 2 is 1.79 bits per heavy atom. The number of benzene rings is 1. The van der Waals surface area contributed by atoms with Gasteiger partial charge >= 0.3 is 0 Å². The van der Waals surface area contributed by atoms with E-state index in [0.717, 1.165) is 49.8 Å². The summed E-state index contributed by atoms with van der Waals surface area (Å²) in [5.41, 5.74) is 10.6. The van der Waals surface area contributed by atoms with E-state index in [1.807, 2.05) is 12.3 Å². The topological polar surface area (TPSA) is 69.8 Å². The number of aliphatic imine (C=N–C) groups is 1. The van der Waals surface area contributed by atoms with E-state index < -0.39 is 0 Å². The van der Waals surface area contributed by atoms with E-state index >= 15 is 0 Å². The first kappa shape index (κ1) is 22.4. The molecular formula is C21H31IN6. The lowest BCUT2D eigenvalue weighted by Crippen LogP contribution is -2.46. The van der Waals surface area contributed by atoms with Crippen molar-refractivity contribution in [1.82, 2.24) is 9.88 Å². The Morgan fingerprint density at radius 1 is 1.11 bits per heavy atom. The lowest BCUT2D eigenvalue weighted by molar-refractivity contribution is 0.270. The molecule has 3 rings (SSSR count). The first-order valence-electron chi connectivity index (χ1n) is 9.61. The fourth-order valence-corrected chi connectivity index (χ4v) is 3.44. The van der Waals surface area contributed by atoms with Crippen LogP contribution in [-0.2, 0) is 6.54 Å². The average Bonchev–Trinajstić information content (AvgIpc) is 2.66. The van der Waals surface area contributed by atoms with Gasteiger partial charge in [-0.25, -0.2) is 9.98 Å². The lowest BCUT2D eigenvalue weighted by atomic mass is 10.1. The van der Waals surface area contributed by atoms with Gasteiger partial charge in [-0.15, -0.1) is 24.0 Å². The summed E-state index contributed by atoms with van der Waals surface area (Å²) in [5.74, 6) is 1.45. The summed E-state index contributed by atoms with van der Waals surface area (Å²) in [5, 5.41) is 3.18. The highest BCUT2D eigenvalue weighted by Crippen LogP contribution is 2.16. The third-order valence-electron chi connectivity index (χ3n) is 4.88. The number of aromatic nitrogens is 1. The van der Waals surface area contributed by atoms with Crippen LogP contribution in [0.3, 0.4) is 0 Å². The number of guanidine groups is 1. The summed E-state index contributed by atoms with van der Waals surface area (Å²) in [6.45, 7) is 12.2. The number of nitrogens with one attached hydrogen (secondary N) is 1. The Labute approximate surface area is 185 Å². The summed E-state index contributed by atoms with van der Waals surface area (Å²) in [6, 6.07) is 10.4. The second-order valence-corrected chi connectivity index (χ2v) is 7.15. The molecular weight excluding hydrogens is 463 g/mol. The van der Waals surface area contributed by atoms with Crippen molar-refractivity contribution in [3.05, 3.63) is 53.2 Å². The van der Waals surface area contributed by atoms with Crippen molar-refractivity contribution in [2.24, 2.45) is 10.7 Å². The molecule has 0 aliphatic carbocycles. The van der Waals surface area contributed by atoms with E-state index in [9.17, 15) is 0 Å². The molecule has 3 N–H and O–H groups in total. The van der Waals surface area contributed by atoms with Gasteiger partial charge in [0, 0.05) is 38.1 Å². The zero-order chi connectivity index (χ0) is 19.2. The van der Waals surface area contributed by atoms with E-state index in [1.165, 1.54) is 11.1 Å². The third-order valence-corrected chi connectivity index (χ3v) is 4.88. The van der Waals surface area contributed by atoms with Crippen LogP contribution < -0.4 is 16.0 Å². The molecule has 0 amide bonds. The van der Waals surface area contributed by atoms with Crippen LogP contribution in [0.2, 0.25) is 0 Å². The number of anilines is 2. The molecule has 0 spiro atoms. The van der Waals surface area contributed by atoms with E-state index in [1.54, 1.807) is 0 Å². The standard InChI is InChI=1S/C21H30N6.HI/c1-4-26-7-9-27(10-8-26)20-14-18(5-6-23-20)15-24-21(22)25-19-12-16(2)11-17(3)13-19;/h5-6,11-14H,4,7-10,15H2,1-3H3,(H3,22,24,25);1H. The minimum absolute atomic E-state index is 0. The molecule has 0 radical (unpaired) electrons. The molecule has 0 unspecified atom stereocenters. The van der Waals surface area contributed by atoms with Crippen molar-refractivity contribution in [3.63, 3.8) is 0 Å². The van der Waals surface area contributed by atoms with Crippen LogP contribution >= 0.6 is 24.0 Å². The van der Waals surface area contributed by atoms with Crippen LogP contribution in [-0.4, -0.2) is 48.6 Å². The maximum absolute atomic E-state index is 6.07. The number of rotatable bonds is 5. The molecule has 0 atom stereocenters. The quantitative estimate of drug-likeness (QED) is 0.379. The van der Waals surface area contributed by atoms with Crippen molar-refractivity contribution in [3.8, 4) is 0 Å². The Kier molecular flexibility index (Phi) is 8.50. The SMILES string of the molecule is CCN1CCN(c2cc(CN=C(N)Nc3cc(C)cc(C)c3)ccn2)CC1.I. The van der Waals surface area contributed by atoms with Crippen molar-refractivity contribution in [1.29, 1.82) is 0 Å². The summed E-state index contributed by atoms with van der Waals surface area (Å²) in [6.07, 6.45) is 1.86. The van der Waals surface area contributed by atoms with Gasteiger partial charge in [0.05, 0.1) is 6.54 Å². The molecule has 1 saturated heterocycles. The number of nitrogens with two attached hydrogens (primary N) is 1.